The molecule has 4 aliphatic rings. The summed E-state index contributed by atoms with van der Waals surface area (Å²) in [6.07, 6.45) is 23.5. The number of benzene rings is 2. The lowest BCUT2D eigenvalue weighted by molar-refractivity contribution is 0.212. The first-order valence-electron chi connectivity index (χ1n) is 19.4. The fourth-order valence-corrected chi connectivity index (χ4v) is 8.59. The highest BCUT2D eigenvalue weighted by molar-refractivity contribution is 6.05. The average Bonchev–Trinajstić information content (AvgIpc) is 3.89. The second kappa shape index (κ2) is 15.0. The molecule has 2 fully saturated rings. The van der Waals surface area contributed by atoms with Crippen molar-refractivity contribution in [2.24, 2.45) is 22.1 Å². The molecule has 4 heterocycles. The minimum atomic E-state index is -0.284. The molecule has 0 radical (unpaired) electrons. The molecule has 3 N–H and O–H groups in total. The number of hydrogen-bond acceptors (Lipinski definition) is 8. The first-order valence-corrected chi connectivity index (χ1v) is 19.4. The first kappa shape index (κ1) is 35.3. The highest BCUT2D eigenvalue weighted by atomic mass is 16.6. The lowest BCUT2D eigenvalue weighted by Gasteiger charge is -2.34. The molecule has 0 spiro atoms. The minimum Gasteiger partial charge on any atom is -0.411 e. The van der Waals surface area contributed by atoms with Gasteiger partial charge in [0, 0.05) is 82.8 Å². The summed E-state index contributed by atoms with van der Waals surface area (Å²) in [7, 11) is 1.60. The van der Waals surface area contributed by atoms with Crippen LogP contribution in [-0.4, -0.2) is 54.1 Å². The van der Waals surface area contributed by atoms with E-state index in [-0.39, 0.29) is 10.8 Å². The highest BCUT2D eigenvalue weighted by Crippen LogP contribution is 2.44. The van der Waals surface area contributed by atoms with Crippen LogP contribution in [0.2, 0.25) is 0 Å². The SMILES string of the molecule is CON=C(c1n[nH]c2c1C=CC(c1ccccc1)(c1ccncc1)C2)C1CC1.ON=C(c1n[nH]c2c1C=CC(c1ccccc1)(c1ccncc1)C2)C1CCC1. The van der Waals surface area contributed by atoms with Crippen LogP contribution in [0.15, 0.2) is 132 Å². The maximum absolute atomic E-state index is 9.60. The van der Waals surface area contributed by atoms with Gasteiger partial charge < -0.3 is 10.0 Å². The number of nitrogens with zero attached hydrogens (tertiary/aromatic N) is 6. The number of nitrogens with one attached hydrogen (secondary N) is 2. The van der Waals surface area contributed by atoms with Gasteiger partial charge in [-0.3, -0.25) is 20.2 Å². The number of fused-ring (bicyclic) bond motifs is 2. The second-order valence-electron chi connectivity index (χ2n) is 15.1. The highest BCUT2D eigenvalue weighted by Gasteiger charge is 2.40. The van der Waals surface area contributed by atoms with Gasteiger partial charge in [0.15, 0.2) is 0 Å². The standard InChI is InChI=1S/2C23H22N4O/c1-28-27-21(16-7-8-16)22-19-9-12-23(15-20(19)25-26-22,17-5-3-2-4-6-17)18-10-13-24-14-11-18;28-27-21(16-5-4-6-16)22-19-9-12-23(15-20(19)25-26-22,17-7-2-1-3-8-17)18-10-13-24-14-11-18/h2-6,9-14,16H,7-8,15H2,1H3,(H,25,26);1-3,7-14,16,28H,4-6,15H2,(H,25,26). The number of allylic oxidation sites excluding steroid dienone is 2. The molecule has 56 heavy (non-hydrogen) atoms. The number of hydrogen-bond donors (Lipinski definition) is 3. The van der Waals surface area contributed by atoms with Crippen LogP contribution in [0.5, 0.6) is 0 Å². The summed E-state index contributed by atoms with van der Waals surface area (Å²) in [6.45, 7) is 0. The molecule has 10 rings (SSSR count). The van der Waals surface area contributed by atoms with Crippen molar-refractivity contribution in [3.63, 3.8) is 0 Å². The molecule has 6 aromatic rings. The van der Waals surface area contributed by atoms with E-state index in [1.165, 1.54) is 28.7 Å². The van der Waals surface area contributed by atoms with Crippen LogP contribution in [0.3, 0.4) is 0 Å². The largest absolute Gasteiger partial charge is 0.411 e. The van der Waals surface area contributed by atoms with Gasteiger partial charge in [0.1, 0.15) is 29.9 Å². The molecule has 0 amide bonds. The molecule has 280 valence electrons. The van der Waals surface area contributed by atoms with E-state index in [2.05, 4.69) is 144 Å². The van der Waals surface area contributed by atoms with E-state index in [9.17, 15) is 5.21 Å². The van der Waals surface area contributed by atoms with E-state index in [0.29, 0.717) is 17.5 Å². The Kier molecular flexibility index (Phi) is 9.46. The summed E-state index contributed by atoms with van der Waals surface area (Å²) in [6, 6.07) is 29.5. The normalized spacial score (nSPS) is 21.7. The molecule has 2 unspecified atom stereocenters. The first-order chi connectivity index (χ1) is 27.6. The van der Waals surface area contributed by atoms with Crippen molar-refractivity contribution < 1.29 is 10.0 Å². The molecule has 2 saturated carbocycles. The van der Waals surface area contributed by atoms with Gasteiger partial charge in [0.2, 0.25) is 0 Å². The molecular weight excluding hydrogens is 697 g/mol. The molecule has 10 heteroatoms. The summed E-state index contributed by atoms with van der Waals surface area (Å²) >= 11 is 0. The molecule has 0 saturated heterocycles. The van der Waals surface area contributed by atoms with Crippen molar-refractivity contribution in [2.45, 2.75) is 55.8 Å². The molecule has 2 atom stereocenters. The fraction of sp³-hybridized carbons (Fsp3) is 0.261. The fourth-order valence-electron chi connectivity index (χ4n) is 8.59. The molecule has 10 nitrogen and oxygen atoms in total. The van der Waals surface area contributed by atoms with Crippen LogP contribution in [0.1, 0.15) is 88.3 Å². The van der Waals surface area contributed by atoms with E-state index in [1.807, 2.05) is 30.9 Å². The van der Waals surface area contributed by atoms with Crippen LogP contribution in [0.25, 0.3) is 12.2 Å². The average molecular weight is 741 g/mol. The number of pyridine rings is 2. The van der Waals surface area contributed by atoms with Gasteiger partial charge in [-0.15, -0.1) is 0 Å². The van der Waals surface area contributed by atoms with Gasteiger partial charge >= 0.3 is 0 Å². The Morgan fingerprint density at radius 3 is 1.48 bits per heavy atom. The van der Waals surface area contributed by atoms with Crippen LogP contribution < -0.4 is 0 Å². The number of H-pyrrole nitrogens is 2. The lowest BCUT2D eigenvalue weighted by Crippen LogP contribution is -2.31. The van der Waals surface area contributed by atoms with Crippen molar-refractivity contribution >= 4 is 23.6 Å². The summed E-state index contributed by atoms with van der Waals surface area (Å²) in [5.41, 5.74) is 12.1. The Morgan fingerprint density at radius 2 is 1.07 bits per heavy atom. The third-order valence-corrected chi connectivity index (χ3v) is 12.0. The topological polar surface area (TPSA) is 137 Å². The van der Waals surface area contributed by atoms with Crippen molar-refractivity contribution in [3.8, 4) is 0 Å². The summed E-state index contributed by atoms with van der Waals surface area (Å²) in [4.78, 5) is 13.5. The van der Waals surface area contributed by atoms with Gasteiger partial charge in [-0.1, -0.05) is 102 Å². The van der Waals surface area contributed by atoms with Crippen LogP contribution in [-0.2, 0) is 28.5 Å². The zero-order valence-corrected chi connectivity index (χ0v) is 31.3. The molecule has 0 bridgehead atoms. The number of rotatable bonds is 9. The van der Waals surface area contributed by atoms with Crippen molar-refractivity contribution in [1.29, 1.82) is 0 Å². The smallest absolute Gasteiger partial charge is 0.117 e. The molecule has 4 aliphatic carbocycles. The Bertz CT molecular complexity index is 2330. The molecular formula is C46H44N8O2. The van der Waals surface area contributed by atoms with E-state index in [0.717, 1.165) is 78.1 Å². The third kappa shape index (κ3) is 6.34. The van der Waals surface area contributed by atoms with Crippen LogP contribution in [0.4, 0.5) is 0 Å². The third-order valence-electron chi connectivity index (χ3n) is 12.0. The van der Waals surface area contributed by atoms with Crippen LogP contribution >= 0.6 is 0 Å². The predicted octanol–water partition coefficient (Wildman–Crippen LogP) is 8.46. The Labute approximate surface area is 326 Å². The molecule has 4 aromatic heterocycles. The van der Waals surface area contributed by atoms with Gasteiger partial charge in [-0.25, -0.2) is 0 Å². The van der Waals surface area contributed by atoms with Gasteiger partial charge in [-0.05, 0) is 72.2 Å². The van der Waals surface area contributed by atoms with Crippen LogP contribution in [0, 0.1) is 11.8 Å². The van der Waals surface area contributed by atoms with E-state index >= 15 is 0 Å². The summed E-state index contributed by atoms with van der Waals surface area (Å²) in [5.74, 6) is 0.772. The minimum absolute atomic E-state index is 0.251. The van der Waals surface area contributed by atoms with Gasteiger partial charge in [-0.2, -0.15) is 10.2 Å². The quantitative estimate of drug-likeness (QED) is 0.0773. The molecule has 0 aliphatic heterocycles. The van der Waals surface area contributed by atoms with Gasteiger partial charge in [0.25, 0.3) is 0 Å². The number of oxime groups is 2. The second-order valence-corrected chi connectivity index (χ2v) is 15.1. The lowest BCUT2D eigenvalue weighted by atomic mass is 9.68. The maximum Gasteiger partial charge on any atom is 0.117 e. The predicted molar refractivity (Wildman–Crippen MR) is 218 cm³/mol. The Hall–Kier alpha value is -6.42. The summed E-state index contributed by atoms with van der Waals surface area (Å²) in [5, 5.41) is 33.2. The Balaban J connectivity index is 0.000000146. The van der Waals surface area contributed by atoms with Crippen molar-refractivity contribution in [1.82, 2.24) is 30.4 Å². The van der Waals surface area contributed by atoms with E-state index in [4.69, 9.17) is 4.84 Å². The number of aromatic nitrogens is 6. The van der Waals surface area contributed by atoms with Gasteiger partial charge in [0.05, 0.1) is 0 Å². The summed E-state index contributed by atoms with van der Waals surface area (Å²) < 4.78 is 0. The monoisotopic (exact) mass is 740 g/mol. The zero-order chi connectivity index (χ0) is 38.0. The molecule has 2 aromatic carbocycles. The maximum atomic E-state index is 9.60. The van der Waals surface area contributed by atoms with E-state index in [1.54, 1.807) is 7.11 Å². The van der Waals surface area contributed by atoms with E-state index < -0.39 is 0 Å². The Morgan fingerprint density at radius 1 is 0.625 bits per heavy atom. The van der Waals surface area contributed by atoms with Crippen molar-refractivity contribution in [3.05, 3.63) is 178 Å². The number of aromatic amines is 2. The zero-order valence-electron chi connectivity index (χ0n) is 31.3. The van der Waals surface area contributed by atoms with Crippen molar-refractivity contribution in [2.75, 3.05) is 7.11 Å².